The predicted octanol–water partition coefficient (Wildman–Crippen LogP) is 4.19. The lowest BCUT2D eigenvalue weighted by Gasteiger charge is -2.19. The predicted molar refractivity (Wildman–Crippen MR) is 125 cm³/mol. The lowest BCUT2D eigenvalue weighted by Crippen LogP contribution is -2.29. The molecule has 2 atom stereocenters. The zero-order valence-electron chi connectivity index (χ0n) is 18.4. The molecule has 5 rings (SSSR count). The summed E-state index contributed by atoms with van der Waals surface area (Å²) in [7, 11) is 0. The first-order valence-electron chi connectivity index (χ1n) is 10.8. The topological polar surface area (TPSA) is 83.4 Å². The highest BCUT2D eigenvalue weighted by Crippen LogP contribution is 2.33. The van der Waals surface area contributed by atoms with E-state index in [1.165, 1.54) is 5.56 Å². The van der Waals surface area contributed by atoms with Crippen LogP contribution >= 0.6 is 0 Å². The molecule has 7 nitrogen and oxygen atoms in total. The average molecular weight is 427 g/mol. The van der Waals surface area contributed by atoms with Crippen LogP contribution < -0.4 is 16.2 Å². The Hall–Kier alpha value is -3.55. The number of rotatable bonds is 4. The zero-order chi connectivity index (χ0) is 22.2. The molecule has 7 heteroatoms. The third-order valence-corrected chi connectivity index (χ3v) is 5.93. The van der Waals surface area contributed by atoms with Crippen LogP contribution in [0.1, 0.15) is 46.4 Å². The van der Waals surface area contributed by atoms with Gasteiger partial charge < -0.3 is 5.32 Å². The Morgan fingerprint density at radius 1 is 1.12 bits per heavy atom. The van der Waals surface area contributed by atoms with Crippen LogP contribution in [-0.2, 0) is 0 Å². The van der Waals surface area contributed by atoms with Gasteiger partial charge in [-0.1, -0.05) is 48.0 Å². The summed E-state index contributed by atoms with van der Waals surface area (Å²) in [6, 6.07) is 16.6. The molecule has 1 aliphatic heterocycles. The molecule has 2 aromatic carbocycles. The molecule has 32 heavy (non-hydrogen) atoms. The third-order valence-electron chi connectivity index (χ3n) is 5.93. The standard InChI is InChI=1S/C25H26N6O/c1-15-11-16(2)23(19(12-15)21-13-17(3)29-30-21)28-25(32)20-14-27-31-22(9-10-26-24(20)31)18-7-5-4-6-8-18/h4-12,14,17,21,29-30H,13H2,1-3H3,(H,28,32). The van der Waals surface area contributed by atoms with Gasteiger partial charge in [0.1, 0.15) is 5.56 Å². The van der Waals surface area contributed by atoms with Crippen LogP contribution in [0.3, 0.4) is 0 Å². The fourth-order valence-electron chi connectivity index (χ4n) is 4.43. The second-order valence-electron chi connectivity index (χ2n) is 8.47. The molecular formula is C25H26N6O. The van der Waals surface area contributed by atoms with Crippen LogP contribution in [0.2, 0.25) is 0 Å². The van der Waals surface area contributed by atoms with Gasteiger partial charge in [-0.05, 0) is 44.4 Å². The maximum Gasteiger partial charge on any atom is 0.261 e. The minimum atomic E-state index is -0.218. The first-order valence-corrected chi connectivity index (χ1v) is 10.8. The van der Waals surface area contributed by atoms with Gasteiger partial charge in [0.05, 0.1) is 11.9 Å². The van der Waals surface area contributed by atoms with Gasteiger partial charge in [-0.25, -0.2) is 14.9 Å². The summed E-state index contributed by atoms with van der Waals surface area (Å²) in [5.74, 6) is -0.218. The number of benzene rings is 2. The van der Waals surface area contributed by atoms with Crippen LogP contribution in [0.15, 0.2) is 60.9 Å². The molecule has 0 spiro atoms. The molecule has 162 valence electrons. The summed E-state index contributed by atoms with van der Waals surface area (Å²) in [5.41, 5.74) is 13.6. The molecule has 1 fully saturated rings. The smallest absolute Gasteiger partial charge is 0.261 e. The van der Waals surface area contributed by atoms with E-state index in [1.54, 1.807) is 16.9 Å². The molecule has 0 bridgehead atoms. The van der Waals surface area contributed by atoms with E-state index in [9.17, 15) is 4.79 Å². The van der Waals surface area contributed by atoms with E-state index in [4.69, 9.17) is 0 Å². The second kappa shape index (κ2) is 8.18. The average Bonchev–Trinajstić information content (AvgIpc) is 3.42. The largest absolute Gasteiger partial charge is 0.321 e. The molecule has 2 aromatic heterocycles. The number of hydrogen-bond acceptors (Lipinski definition) is 5. The fourth-order valence-corrected chi connectivity index (χ4v) is 4.43. The highest BCUT2D eigenvalue weighted by atomic mass is 16.1. The first-order chi connectivity index (χ1) is 15.5. The number of amides is 1. The van der Waals surface area contributed by atoms with Crippen molar-refractivity contribution in [2.45, 2.75) is 39.3 Å². The first kappa shape index (κ1) is 20.4. The molecule has 1 saturated heterocycles. The lowest BCUT2D eigenvalue weighted by molar-refractivity contribution is 0.102. The van der Waals surface area contributed by atoms with Gasteiger partial charge >= 0.3 is 0 Å². The van der Waals surface area contributed by atoms with Crippen LogP contribution in [0.4, 0.5) is 5.69 Å². The fraction of sp³-hybridized carbons (Fsp3) is 0.240. The number of hydrogen-bond donors (Lipinski definition) is 3. The molecule has 1 amide bonds. The van der Waals surface area contributed by atoms with Crippen molar-refractivity contribution in [3.05, 3.63) is 83.2 Å². The summed E-state index contributed by atoms with van der Waals surface area (Å²) in [6.07, 6.45) is 4.25. The van der Waals surface area contributed by atoms with Crippen LogP contribution in [0.5, 0.6) is 0 Å². The number of anilines is 1. The van der Waals surface area contributed by atoms with E-state index >= 15 is 0 Å². The van der Waals surface area contributed by atoms with Crippen molar-refractivity contribution in [2.24, 2.45) is 0 Å². The number of aryl methyl sites for hydroxylation is 2. The van der Waals surface area contributed by atoms with Crippen molar-refractivity contribution in [1.29, 1.82) is 0 Å². The van der Waals surface area contributed by atoms with Crippen LogP contribution in [0, 0.1) is 13.8 Å². The molecule has 1 aliphatic rings. The zero-order valence-corrected chi connectivity index (χ0v) is 18.4. The number of nitrogens with one attached hydrogen (secondary N) is 3. The summed E-state index contributed by atoms with van der Waals surface area (Å²) >= 11 is 0. The monoisotopic (exact) mass is 426 g/mol. The molecule has 4 aromatic rings. The minimum absolute atomic E-state index is 0.130. The summed E-state index contributed by atoms with van der Waals surface area (Å²) in [5, 5.41) is 7.63. The number of aromatic nitrogens is 3. The maximum absolute atomic E-state index is 13.4. The second-order valence-corrected chi connectivity index (χ2v) is 8.47. The van der Waals surface area contributed by atoms with Crippen molar-refractivity contribution in [1.82, 2.24) is 25.4 Å². The number of carbonyl (C=O) groups is 1. The highest BCUT2D eigenvalue weighted by molar-refractivity contribution is 6.09. The van der Waals surface area contributed by atoms with E-state index < -0.39 is 0 Å². The van der Waals surface area contributed by atoms with Gasteiger partial charge in [0.2, 0.25) is 0 Å². The van der Waals surface area contributed by atoms with Crippen molar-refractivity contribution in [2.75, 3.05) is 5.32 Å². The number of fused-ring (bicyclic) bond motifs is 1. The maximum atomic E-state index is 13.4. The van der Waals surface area contributed by atoms with Gasteiger partial charge in [0.25, 0.3) is 5.91 Å². The van der Waals surface area contributed by atoms with Gasteiger partial charge in [-0.3, -0.25) is 10.2 Å². The Kier molecular flexibility index (Phi) is 5.20. The van der Waals surface area contributed by atoms with E-state index in [1.807, 2.05) is 43.3 Å². The molecule has 0 radical (unpaired) electrons. The van der Waals surface area contributed by atoms with E-state index in [-0.39, 0.29) is 11.9 Å². The normalized spacial score (nSPS) is 18.2. The molecule has 3 heterocycles. The molecule has 2 unspecified atom stereocenters. The van der Waals surface area contributed by atoms with Crippen molar-refractivity contribution in [3.8, 4) is 11.3 Å². The number of hydrazine groups is 1. The van der Waals surface area contributed by atoms with Gasteiger partial charge in [0.15, 0.2) is 5.65 Å². The Labute approximate surface area is 186 Å². The molecule has 0 aliphatic carbocycles. The molecular weight excluding hydrogens is 400 g/mol. The Bertz CT molecular complexity index is 1300. The van der Waals surface area contributed by atoms with Crippen LogP contribution in [-0.4, -0.2) is 26.5 Å². The van der Waals surface area contributed by atoms with Crippen LogP contribution in [0.25, 0.3) is 16.9 Å². The number of nitrogens with zero attached hydrogens (tertiary/aromatic N) is 3. The van der Waals surface area contributed by atoms with Gasteiger partial charge in [-0.2, -0.15) is 5.10 Å². The quantitative estimate of drug-likeness (QED) is 0.456. The SMILES string of the molecule is Cc1cc(C)c(NC(=O)c2cnn3c(-c4ccccc4)ccnc23)c(C2CC(C)NN2)c1. The van der Waals surface area contributed by atoms with Gasteiger partial charge in [-0.15, -0.1) is 0 Å². The number of carbonyl (C=O) groups excluding carboxylic acids is 1. The summed E-state index contributed by atoms with van der Waals surface area (Å²) < 4.78 is 1.72. The summed E-state index contributed by atoms with van der Waals surface area (Å²) in [4.78, 5) is 17.8. The molecule has 0 saturated carbocycles. The van der Waals surface area contributed by atoms with Crippen molar-refractivity contribution < 1.29 is 4.79 Å². The Morgan fingerprint density at radius 2 is 1.94 bits per heavy atom. The Morgan fingerprint density at radius 3 is 2.69 bits per heavy atom. The van der Waals surface area contributed by atoms with E-state index in [0.29, 0.717) is 17.3 Å². The van der Waals surface area contributed by atoms with Crippen molar-refractivity contribution in [3.63, 3.8) is 0 Å². The molecule has 3 N–H and O–H groups in total. The van der Waals surface area contributed by atoms with E-state index in [0.717, 1.165) is 34.5 Å². The highest BCUT2D eigenvalue weighted by Gasteiger charge is 2.26. The Balaban J connectivity index is 1.52. The van der Waals surface area contributed by atoms with Crippen molar-refractivity contribution >= 4 is 17.2 Å². The summed E-state index contributed by atoms with van der Waals surface area (Å²) in [6.45, 7) is 6.25. The lowest BCUT2D eigenvalue weighted by atomic mass is 9.95. The van der Waals surface area contributed by atoms with Gasteiger partial charge in [0, 0.05) is 29.5 Å². The minimum Gasteiger partial charge on any atom is -0.321 e. The third kappa shape index (κ3) is 3.66. The van der Waals surface area contributed by atoms with E-state index in [2.05, 4.69) is 52.2 Å².